The second-order valence-electron chi connectivity index (χ2n) is 3.04. The first kappa shape index (κ1) is 7.53. The van der Waals surface area contributed by atoms with E-state index in [4.69, 9.17) is 6.57 Å². The SMILES string of the molecule is [C-]#[N+]CC1CCC(CF)C1. The molecule has 0 aromatic rings. The molecule has 0 heterocycles. The number of hydrogen-bond acceptors (Lipinski definition) is 0. The predicted molar refractivity (Wildman–Crippen MR) is 38.3 cm³/mol. The van der Waals surface area contributed by atoms with Gasteiger partial charge in [0.25, 0.3) is 0 Å². The van der Waals surface area contributed by atoms with Gasteiger partial charge in [0.15, 0.2) is 0 Å². The number of nitrogens with zero attached hydrogens (tertiary/aromatic N) is 1. The van der Waals surface area contributed by atoms with Gasteiger partial charge in [-0.05, 0) is 25.2 Å². The van der Waals surface area contributed by atoms with Crippen LogP contribution in [0.1, 0.15) is 19.3 Å². The van der Waals surface area contributed by atoms with Gasteiger partial charge in [0.1, 0.15) is 0 Å². The second-order valence-corrected chi connectivity index (χ2v) is 3.04. The van der Waals surface area contributed by atoms with Crippen molar-refractivity contribution in [2.45, 2.75) is 19.3 Å². The smallest absolute Gasteiger partial charge is 0.217 e. The number of hydrogen-bond donors (Lipinski definition) is 0. The van der Waals surface area contributed by atoms with E-state index in [1.165, 1.54) is 0 Å². The third-order valence-corrected chi connectivity index (χ3v) is 2.22. The number of halogens is 1. The van der Waals surface area contributed by atoms with Crippen molar-refractivity contribution in [2.75, 3.05) is 13.2 Å². The van der Waals surface area contributed by atoms with Gasteiger partial charge >= 0.3 is 0 Å². The van der Waals surface area contributed by atoms with Crippen LogP contribution < -0.4 is 0 Å². The number of alkyl halides is 1. The molecule has 1 saturated carbocycles. The molecule has 0 aromatic heterocycles. The van der Waals surface area contributed by atoms with Crippen LogP contribution in [0.25, 0.3) is 4.85 Å². The fourth-order valence-electron chi connectivity index (χ4n) is 1.61. The first-order valence-electron chi connectivity index (χ1n) is 3.76. The topological polar surface area (TPSA) is 4.36 Å². The molecule has 0 spiro atoms. The molecule has 2 unspecified atom stereocenters. The molecule has 0 saturated heterocycles. The highest BCUT2D eigenvalue weighted by atomic mass is 19.1. The molecule has 1 aliphatic carbocycles. The van der Waals surface area contributed by atoms with Crippen molar-refractivity contribution in [2.24, 2.45) is 11.8 Å². The van der Waals surface area contributed by atoms with Gasteiger partial charge in [-0.3, -0.25) is 4.39 Å². The van der Waals surface area contributed by atoms with Gasteiger partial charge in [0.2, 0.25) is 6.54 Å². The summed E-state index contributed by atoms with van der Waals surface area (Å²) in [5, 5.41) is 0. The zero-order valence-corrected chi connectivity index (χ0v) is 6.02. The van der Waals surface area contributed by atoms with Gasteiger partial charge in [0.05, 0.1) is 6.67 Å². The summed E-state index contributed by atoms with van der Waals surface area (Å²) in [6, 6.07) is 0. The molecule has 1 aliphatic rings. The summed E-state index contributed by atoms with van der Waals surface area (Å²) < 4.78 is 12.0. The maximum absolute atomic E-state index is 12.0. The van der Waals surface area contributed by atoms with E-state index in [1.807, 2.05) is 0 Å². The van der Waals surface area contributed by atoms with Crippen LogP contribution in [-0.4, -0.2) is 13.2 Å². The van der Waals surface area contributed by atoms with Crippen molar-refractivity contribution >= 4 is 0 Å². The highest BCUT2D eigenvalue weighted by molar-refractivity contribution is 4.80. The molecule has 1 fully saturated rings. The van der Waals surface area contributed by atoms with Gasteiger partial charge in [-0.2, -0.15) is 0 Å². The van der Waals surface area contributed by atoms with Crippen LogP contribution in [0.5, 0.6) is 0 Å². The van der Waals surface area contributed by atoms with Crippen molar-refractivity contribution in [1.82, 2.24) is 0 Å². The van der Waals surface area contributed by atoms with Crippen LogP contribution in [0.15, 0.2) is 0 Å². The highest BCUT2D eigenvalue weighted by Crippen LogP contribution is 2.30. The van der Waals surface area contributed by atoms with E-state index >= 15 is 0 Å². The maximum Gasteiger partial charge on any atom is 0.217 e. The first-order valence-corrected chi connectivity index (χ1v) is 3.76. The molecule has 0 aromatic carbocycles. The van der Waals surface area contributed by atoms with Crippen LogP contribution in [0.3, 0.4) is 0 Å². The lowest BCUT2D eigenvalue weighted by Gasteiger charge is -2.00. The third kappa shape index (κ3) is 1.70. The maximum atomic E-state index is 12.0. The first-order chi connectivity index (χ1) is 4.86. The fourth-order valence-corrected chi connectivity index (χ4v) is 1.61. The minimum atomic E-state index is -0.186. The minimum Gasteiger partial charge on any atom is -0.317 e. The molecule has 0 bridgehead atoms. The van der Waals surface area contributed by atoms with E-state index in [1.54, 1.807) is 0 Å². The average Bonchev–Trinajstić information content (AvgIpc) is 2.37. The Balaban J connectivity index is 2.23. The average molecular weight is 141 g/mol. The summed E-state index contributed by atoms with van der Waals surface area (Å²) in [6.45, 7) is 7.04. The summed E-state index contributed by atoms with van der Waals surface area (Å²) in [5.41, 5.74) is 0. The Morgan fingerprint density at radius 3 is 2.60 bits per heavy atom. The zero-order chi connectivity index (χ0) is 7.40. The van der Waals surface area contributed by atoms with Crippen molar-refractivity contribution < 1.29 is 4.39 Å². The third-order valence-electron chi connectivity index (χ3n) is 2.22. The molecule has 2 atom stereocenters. The van der Waals surface area contributed by atoms with Crippen LogP contribution in [-0.2, 0) is 0 Å². The molecule has 1 rings (SSSR count). The molecule has 0 radical (unpaired) electrons. The van der Waals surface area contributed by atoms with E-state index < -0.39 is 0 Å². The molecule has 10 heavy (non-hydrogen) atoms. The normalized spacial score (nSPS) is 32.0. The van der Waals surface area contributed by atoms with Crippen LogP contribution in [0, 0.1) is 18.4 Å². The van der Waals surface area contributed by atoms with Crippen molar-refractivity contribution in [1.29, 1.82) is 0 Å². The standard InChI is InChI=1S/C8H12FN/c1-10-6-8-3-2-7(4-8)5-9/h7-8H,2-6H2. The van der Waals surface area contributed by atoms with Crippen LogP contribution in [0.4, 0.5) is 4.39 Å². The predicted octanol–water partition coefficient (Wildman–Crippen LogP) is 2.29. The van der Waals surface area contributed by atoms with Crippen molar-refractivity contribution in [3.63, 3.8) is 0 Å². The second kappa shape index (κ2) is 3.55. The van der Waals surface area contributed by atoms with E-state index in [0.29, 0.717) is 12.5 Å². The molecule has 2 heteroatoms. The number of rotatable bonds is 2. The van der Waals surface area contributed by atoms with E-state index in [-0.39, 0.29) is 12.6 Å². The van der Waals surface area contributed by atoms with Gasteiger partial charge in [-0.15, -0.1) is 0 Å². The van der Waals surface area contributed by atoms with Gasteiger partial charge in [-0.1, -0.05) is 0 Å². The summed E-state index contributed by atoms with van der Waals surface area (Å²) >= 11 is 0. The summed E-state index contributed by atoms with van der Waals surface area (Å²) in [4.78, 5) is 3.31. The van der Waals surface area contributed by atoms with Crippen LogP contribution >= 0.6 is 0 Å². The lowest BCUT2D eigenvalue weighted by Crippen LogP contribution is -1.99. The summed E-state index contributed by atoms with van der Waals surface area (Å²) in [5.74, 6) is 0.769. The Labute approximate surface area is 61.1 Å². The molecule has 0 N–H and O–H groups in total. The molecular weight excluding hydrogens is 129 g/mol. The Kier molecular flexibility index (Phi) is 2.68. The van der Waals surface area contributed by atoms with Gasteiger partial charge in [0, 0.05) is 5.92 Å². The van der Waals surface area contributed by atoms with Gasteiger partial charge in [-0.25, -0.2) is 6.57 Å². The molecular formula is C8H12FN. The fraction of sp³-hybridized carbons (Fsp3) is 0.875. The highest BCUT2D eigenvalue weighted by Gasteiger charge is 2.25. The zero-order valence-electron chi connectivity index (χ0n) is 6.02. The molecule has 1 nitrogen and oxygen atoms in total. The van der Waals surface area contributed by atoms with Gasteiger partial charge < -0.3 is 4.85 Å². The van der Waals surface area contributed by atoms with Crippen molar-refractivity contribution in [3.8, 4) is 0 Å². The quantitative estimate of drug-likeness (QED) is 0.520. The minimum absolute atomic E-state index is 0.186. The molecule has 0 aliphatic heterocycles. The van der Waals surface area contributed by atoms with Crippen LogP contribution in [0.2, 0.25) is 0 Å². The van der Waals surface area contributed by atoms with E-state index in [2.05, 4.69) is 4.85 Å². The largest absolute Gasteiger partial charge is 0.317 e. The van der Waals surface area contributed by atoms with E-state index in [0.717, 1.165) is 19.3 Å². The summed E-state index contributed by atoms with van der Waals surface area (Å²) in [7, 11) is 0. The van der Waals surface area contributed by atoms with Crippen molar-refractivity contribution in [3.05, 3.63) is 11.4 Å². The van der Waals surface area contributed by atoms with E-state index in [9.17, 15) is 4.39 Å². The Morgan fingerprint density at radius 1 is 1.40 bits per heavy atom. The lowest BCUT2D eigenvalue weighted by molar-refractivity contribution is 0.360. The molecule has 56 valence electrons. The summed E-state index contributed by atoms with van der Waals surface area (Å²) in [6.07, 6.45) is 3.01. The lowest BCUT2D eigenvalue weighted by atomic mass is 10.1. The Morgan fingerprint density at radius 2 is 2.10 bits per heavy atom. The monoisotopic (exact) mass is 141 g/mol. The molecule has 0 amide bonds. The Bertz CT molecular complexity index is 139. The Hall–Kier alpha value is -0.580.